The van der Waals surface area contributed by atoms with Crippen LogP contribution in [0.3, 0.4) is 0 Å². The SMILES string of the molecule is COc1ccc(C(=O)N/C(=C\c2cccs2)C(=O)NCCCc2ccccc2Cl)cc1. The number of rotatable bonds is 9. The molecule has 0 radical (unpaired) electrons. The maximum atomic E-state index is 12.8. The molecule has 0 aliphatic rings. The van der Waals surface area contributed by atoms with Crippen LogP contribution in [0.25, 0.3) is 6.08 Å². The fourth-order valence-electron chi connectivity index (χ4n) is 2.89. The molecule has 31 heavy (non-hydrogen) atoms. The van der Waals surface area contributed by atoms with E-state index in [4.69, 9.17) is 16.3 Å². The Morgan fingerprint density at radius 1 is 1.06 bits per heavy atom. The van der Waals surface area contributed by atoms with Crippen molar-refractivity contribution < 1.29 is 14.3 Å². The van der Waals surface area contributed by atoms with E-state index in [0.717, 1.165) is 28.3 Å². The fraction of sp³-hybridized carbons (Fsp3) is 0.167. The normalized spacial score (nSPS) is 11.1. The van der Waals surface area contributed by atoms with Crippen molar-refractivity contribution in [3.63, 3.8) is 0 Å². The van der Waals surface area contributed by atoms with Crippen molar-refractivity contribution in [3.05, 3.63) is 92.8 Å². The summed E-state index contributed by atoms with van der Waals surface area (Å²) < 4.78 is 5.12. The van der Waals surface area contributed by atoms with E-state index in [1.807, 2.05) is 41.8 Å². The molecule has 3 rings (SSSR count). The van der Waals surface area contributed by atoms with Crippen LogP contribution in [0.15, 0.2) is 71.7 Å². The van der Waals surface area contributed by atoms with Crippen LogP contribution >= 0.6 is 22.9 Å². The second-order valence-electron chi connectivity index (χ2n) is 6.71. The topological polar surface area (TPSA) is 67.4 Å². The highest BCUT2D eigenvalue weighted by molar-refractivity contribution is 7.10. The minimum absolute atomic E-state index is 0.195. The Morgan fingerprint density at radius 2 is 1.84 bits per heavy atom. The van der Waals surface area contributed by atoms with E-state index >= 15 is 0 Å². The van der Waals surface area contributed by atoms with Crippen LogP contribution in [0.4, 0.5) is 0 Å². The first-order valence-corrected chi connectivity index (χ1v) is 11.0. The van der Waals surface area contributed by atoms with Crippen LogP contribution < -0.4 is 15.4 Å². The highest BCUT2D eigenvalue weighted by Gasteiger charge is 2.15. The summed E-state index contributed by atoms with van der Waals surface area (Å²) in [6.07, 6.45) is 3.16. The van der Waals surface area contributed by atoms with Crippen LogP contribution in [-0.2, 0) is 11.2 Å². The molecule has 0 atom stereocenters. The lowest BCUT2D eigenvalue weighted by atomic mass is 10.1. The summed E-state index contributed by atoms with van der Waals surface area (Å²) >= 11 is 7.66. The number of thiophene rings is 1. The molecule has 2 amide bonds. The van der Waals surface area contributed by atoms with Gasteiger partial charge in [0.15, 0.2) is 0 Å². The Hall–Kier alpha value is -3.09. The van der Waals surface area contributed by atoms with E-state index in [9.17, 15) is 9.59 Å². The number of carbonyl (C=O) groups excluding carboxylic acids is 2. The first-order chi connectivity index (χ1) is 15.1. The monoisotopic (exact) mass is 454 g/mol. The molecule has 1 aromatic heterocycles. The smallest absolute Gasteiger partial charge is 0.267 e. The van der Waals surface area contributed by atoms with Gasteiger partial charge in [-0.25, -0.2) is 0 Å². The average Bonchev–Trinajstić information content (AvgIpc) is 3.30. The third-order valence-electron chi connectivity index (χ3n) is 4.54. The number of aryl methyl sites for hydroxylation is 1. The third-order valence-corrected chi connectivity index (χ3v) is 5.73. The van der Waals surface area contributed by atoms with Gasteiger partial charge < -0.3 is 15.4 Å². The number of halogens is 1. The van der Waals surface area contributed by atoms with Gasteiger partial charge >= 0.3 is 0 Å². The Bertz CT molecular complexity index is 1050. The van der Waals surface area contributed by atoms with Crippen molar-refractivity contribution in [1.29, 1.82) is 0 Å². The number of ether oxygens (including phenoxy) is 1. The van der Waals surface area contributed by atoms with Crippen molar-refractivity contribution in [3.8, 4) is 5.75 Å². The standard InChI is InChI=1S/C24H23ClN2O3S/c1-30-19-12-10-18(11-13-19)23(28)27-22(16-20-8-5-15-31-20)24(29)26-14-4-7-17-6-2-3-9-21(17)25/h2-3,5-6,8-13,15-16H,4,7,14H2,1H3,(H,26,29)(H,27,28)/b22-16-. The maximum Gasteiger partial charge on any atom is 0.267 e. The first-order valence-electron chi connectivity index (χ1n) is 9.79. The molecule has 160 valence electrons. The molecular weight excluding hydrogens is 432 g/mol. The number of benzene rings is 2. The highest BCUT2D eigenvalue weighted by atomic mass is 35.5. The lowest BCUT2D eigenvalue weighted by Gasteiger charge is -2.11. The summed E-state index contributed by atoms with van der Waals surface area (Å²) in [6, 6.07) is 18.1. The number of hydrogen-bond donors (Lipinski definition) is 2. The zero-order valence-electron chi connectivity index (χ0n) is 17.1. The maximum absolute atomic E-state index is 12.8. The molecule has 2 aromatic carbocycles. The molecule has 0 saturated heterocycles. The summed E-state index contributed by atoms with van der Waals surface area (Å²) in [7, 11) is 1.56. The van der Waals surface area contributed by atoms with Gasteiger partial charge in [-0.1, -0.05) is 35.9 Å². The van der Waals surface area contributed by atoms with E-state index < -0.39 is 0 Å². The average molecular weight is 455 g/mol. The predicted molar refractivity (Wildman–Crippen MR) is 126 cm³/mol. The molecule has 2 N–H and O–H groups in total. The lowest BCUT2D eigenvalue weighted by Crippen LogP contribution is -2.35. The second kappa shape index (κ2) is 11.3. The van der Waals surface area contributed by atoms with Gasteiger partial charge in [0.25, 0.3) is 11.8 Å². The Labute approximate surface area is 190 Å². The summed E-state index contributed by atoms with van der Waals surface area (Å²) in [5.41, 5.74) is 1.67. The Morgan fingerprint density at radius 3 is 2.52 bits per heavy atom. The van der Waals surface area contributed by atoms with Crippen molar-refractivity contribution in [2.45, 2.75) is 12.8 Å². The van der Waals surface area contributed by atoms with Gasteiger partial charge in [-0.05, 0) is 66.3 Å². The summed E-state index contributed by atoms with van der Waals surface area (Å²) in [5, 5.41) is 8.25. The van der Waals surface area contributed by atoms with E-state index in [-0.39, 0.29) is 17.5 Å². The molecule has 0 unspecified atom stereocenters. The van der Waals surface area contributed by atoms with Crippen LogP contribution in [-0.4, -0.2) is 25.5 Å². The van der Waals surface area contributed by atoms with Gasteiger partial charge in [-0.15, -0.1) is 11.3 Å². The molecule has 1 heterocycles. The van der Waals surface area contributed by atoms with Gasteiger partial charge in [0.05, 0.1) is 7.11 Å². The van der Waals surface area contributed by atoms with Crippen LogP contribution in [0.2, 0.25) is 5.02 Å². The van der Waals surface area contributed by atoms with Gasteiger partial charge in [0.1, 0.15) is 11.4 Å². The molecule has 0 aliphatic heterocycles. The zero-order valence-corrected chi connectivity index (χ0v) is 18.6. The van der Waals surface area contributed by atoms with Crippen LogP contribution in [0, 0.1) is 0 Å². The number of amides is 2. The highest BCUT2D eigenvalue weighted by Crippen LogP contribution is 2.17. The van der Waals surface area contributed by atoms with Crippen molar-refractivity contribution in [1.82, 2.24) is 10.6 Å². The van der Waals surface area contributed by atoms with Crippen LogP contribution in [0.5, 0.6) is 5.75 Å². The van der Waals surface area contributed by atoms with Crippen molar-refractivity contribution in [2.24, 2.45) is 0 Å². The predicted octanol–water partition coefficient (Wildman–Crippen LogP) is 4.93. The summed E-state index contributed by atoms with van der Waals surface area (Å²) in [4.78, 5) is 26.3. The Balaban J connectivity index is 1.63. The molecule has 7 heteroatoms. The zero-order chi connectivity index (χ0) is 22.1. The number of carbonyl (C=O) groups is 2. The minimum atomic E-state index is -0.364. The minimum Gasteiger partial charge on any atom is -0.497 e. The van der Waals surface area contributed by atoms with E-state index in [0.29, 0.717) is 17.9 Å². The molecule has 0 saturated carbocycles. The van der Waals surface area contributed by atoms with Gasteiger partial charge in [0, 0.05) is 22.0 Å². The number of nitrogens with one attached hydrogen (secondary N) is 2. The number of hydrogen-bond acceptors (Lipinski definition) is 4. The lowest BCUT2D eigenvalue weighted by molar-refractivity contribution is -0.117. The first kappa shape index (κ1) is 22.6. The molecule has 0 spiro atoms. The largest absolute Gasteiger partial charge is 0.497 e. The summed E-state index contributed by atoms with van der Waals surface area (Å²) in [5.74, 6) is -0.0479. The van der Waals surface area contributed by atoms with Crippen molar-refractivity contribution in [2.75, 3.05) is 13.7 Å². The second-order valence-corrected chi connectivity index (χ2v) is 8.09. The molecule has 0 bridgehead atoms. The Kier molecular flexibility index (Phi) is 8.27. The molecule has 0 fully saturated rings. The van der Waals surface area contributed by atoms with E-state index in [1.165, 1.54) is 11.3 Å². The number of methoxy groups -OCH3 is 1. The van der Waals surface area contributed by atoms with Crippen molar-refractivity contribution >= 4 is 40.8 Å². The van der Waals surface area contributed by atoms with Gasteiger partial charge in [-0.2, -0.15) is 0 Å². The van der Waals surface area contributed by atoms with Gasteiger partial charge in [0.2, 0.25) is 0 Å². The molecular formula is C24H23ClN2O3S. The van der Waals surface area contributed by atoms with E-state index in [1.54, 1.807) is 37.5 Å². The summed E-state index contributed by atoms with van der Waals surface area (Å²) in [6.45, 7) is 0.463. The van der Waals surface area contributed by atoms with E-state index in [2.05, 4.69) is 10.6 Å². The molecule has 5 nitrogen and oxygen atoms in total. The van der Waals surface area contributed by atoms with Gasteiger partial charge in [-0.3, -0.25) is 9.59 Å². The quantitative estimate of drug-likeness (QED) is 0.356. The molecule has 0 aliphatic carbocycles. The fourth-order valence-corrected chi connectivity index (χ4v) is 3.78. The third kappa shape index (κ3) is 6.70. The molecule has 3 aromatic rings. The van der Waals surface area contributed by atoms with Crippen LogP contribution in [0.1, 0.15) is 27.2 Å².